The van der Waals surface area contributed by atoms with Crippen LogP contribution in [0.25, 0.3) is 10.9 Å². The van der Waals surface area contributed by atoms with Crippen molar-refractivity contribution in [2.24, 2.45) is 0 Å². The van der Waals surface area contributed by atoms with Crippen LogP contribution in [0.2, 0.25) is 0 Å². The van der Waals surface area contributed by atoms with E-state index in [1.165, 1.54) is 0 Å². The number of hydrogen-bond donors (Lipinski definition) is 0. The van der Waals surface area contributed by atoms with Crippen molar-refractivity contribution in [1.82, 2.24) is 9.88 Å². The molecule has 0 aliphatic carbocycles. The lowest BCUT2D eigenvalue weighted by atomic mass is 10.1. The molecule has 4 nitrogen and oxygen atoms in total. The molecule has 0 spiro atoms. The summed E-state index contributed by atoms with van der Waals surface area (Å²) in [5, 5.41) is 10.5. The van der Waals surface area contributed by atoms with Crippen LogP contribution in [0.3, 0.4) is 0 Å². The van der Waals surface area contributed by atoms with Crippen molar-refractivity contribution in [2.75, 3.05) is 38.6 Å². The summed E-state index contributed by atoms with van der Waals surface area (Å²) in [6.45, 7) is 5.00. The Hall–Kier alpha value is -2.12. The van der Waals surface area contributed by atoms with Gasteiger partial charge in [0.1, 0.15) is 6.07 Å². The first kappa shape index (κ1) is 15.3. The van der Waals surface area contributed by atoms with E-state index >= 15 is 0 Å². The second-order valence-corrected chi connectivity index (χ2v) is 5.39. The van der Waals surface area contributed by atoms with Crippen LogP contribution in [0.15, 0.2) is 30.5 Å². The Morgan fingerprint density at radius 3 is 2.62 bits per heavy atom. The molecule has 4 heteroatoms. The number of pyridine rings is 1. The summed E-state index contributed by atoms with van der Waals surface area (Å²) in [6.07, 6.45) is 2.76. The zero-order valence-corrected chi connectivity index (χ0v) is 13.0. The van der Waals surface area contributed by atoms with Crippen LogP contribution in [0.5, 0.6) is 0 Å². The molecular formula is C17H22N4. The molecule has 2 aromatic rings. The van der Waals surface area contributed by atoms with Crippen LogP contribution >= 0.6 is 0 Å². The number of anilines is 1. The van der Waals surface area contributed by atoms with Crippen molar-refractivity contribution in [3.63, 3.8) is 0 Å². The Morgan fingerprint density at radius 1 is 1.19 bits per heavy atom. The van der Waals surface area contributed by atoms with Crippen molar-refractivity contribution in [1.29, 1.82) is 5.26 Å². The van der Waals surface area contributed by atoms with E-state index in [9.17, 15) is 5.26 Å². The average molecular weight is 282 g/mol. The van der Waals surface area contributed by atoms with E-state index in [0.29, 0.717) is 5.56 Å². The lowest BCUT2D eigenvalue weighted by Crippen LogP contribution is -2.28. The summed E-state index contributed by atoms with van der Waals surface area (Å²) in [5.41, 5.74) is 2.61. The number of para-hydroxylation sites is 1. The van der Waals surface area contributed by atoms with Crippen LogP contribution in [-0.4, -0.2) is 43.6 Å². The topological polar surface area (TPSA) is 43.2 Å². The van der Waals surface area contributed by atoms with Gasteiger partial charge in [-0.15, -0.1) is 0 Å². The minimum Gasteiger partial charge on any atom is -0.370 e. The van der Waals surface area contributed by atoms with E-state index in [1.807, 2.05) is 24.3 Å². The SMILES string of the molecule is CCN(CCCN(C)C)c1c(C#N)cnc2ccccc12. The molecule has 0 N–H and O–H groups in total. The first-order valence-electron chi connectivity index (χ1n) is 7.35. The fourth-order valence-electron chi connectivity index (χ4n) is 2.56. The summed E-state index contributed by atoms with van der Waals surface area (Å²) < 4.78 is 0. The predicted molar refractivity (Wildman–Crippen MR) is 87.5 cm³/mol. The Labute approximate surface area is 126 Å². The van der Waals surface area contributed by atoms with Gasteiger partial charge in [-0.2, -0.15) is 5.26 Å². The first-order valence-corrected chi connectivity index (χ1v) is 7.35. The van der Waals surface area contributed by atoms with Crippen molar-refractivity contribution in [3.8, 4) is 6.07 Å². The Balaban J connectivity index is 2.39. The molecule has 0 amide bonds. The van der Waals surface area contributed by atoms with E-state index < -0.39 is 0 Å². The zero-order chi connectivity index (χ0) is 15.2. The van der Waals surface area contributed by atoms with Crippen LogP contribution < -0.4 is 4.90 Å². The van der Waals surface area contributed by atoms with Gasteiger partial charge < -0.3 is 9.80 Å². The van der Waals surface area contributed by atoms with Gasteiger partial charge >= 0.3 is 0 Å². The maximum atomic E-state index is 9.41. The molecule has 1 heterocycles. The molecular weight excluding hydrogens is 260 g/mol. The monoisotopic (exact) mass is 282 g/mol. The summed E-state index contributed by atoms with van der Waals surface area (Å²) in [6, 6.07) is 10.3. The van der Waals surface area contributed by atoms with Crippen molar-refractivity contribution in [3.05, 3.63) is 36.0 Å². The maximum Gasteiger partial charge on any atom is 0.103 e. The molecule has 0 atom stereocenters. The second kappa shape index (κ2) is 7.05. The van der Waals surface area contributed by atoms with E-state index in [1.54, 1.807) is 6.20 Å². The third kappa shape index (κ3) is 3.50. The van der Waals surface area contributed by atoms with E-state index in [-0.39, 0.29) is 0 Å². The van der Waals surface area contributed by atoms with Gasteiger partial charge in [0.2, 0.25) is 0 Å². The first-order chi connectivity index (χ1) is 10.2. The summed E-state index contributed by atoms with van der Waals surface area (Å²) in [5.74, 6) is 0. The fraction of sp³-hybridized carbons (Fsp3) is 0.412. The van der Waals surface area contributed by atoms with Gasteiger partial charge in [0, 0.05) is 24.7 Å². The van der Waals surface area contributed by atoms with Gasteiger partial charge in [-0.05, 0) is 40.1 Å². The largest absolute Gasteiger partial charge is 0.370 e. The summed E-state index contributed by atoms with van der Waals surface area (Å²) >= 11 is 0. The highest BCUT2D eigenvalue weighted by Gasteiger charge is 2.14. The van der Waals surface area contributed by atoms with E-state index in [2.05, 4.69) is 41.9 Å². The van der Waals surface area contributed by atoms with Crippen molar-refractivity contribution >= 4 is 16.6 Å². The standard InChI is InChI=1S/C17H22N4/c1-4-21(11-7-10-20(2)3)17-14(12-18)13-19-16-9-6-5-8-15(16)17/h5-6,8-9,13H,4,7,10-11H2,1-3H3. The molecule has 0 unspecified atom stereocenters. The summed E-state index contributed by atoms with van der Waals surface area (Å²) in [4.78, 5) is 8.85. The number of hydrogen-bond acceptors (Lipinski definition) is 4. The number of rotatable bonds is 6. The minimum absolute atomic E-state index is 0.653. The average Bonchev–Trinajstić information content (AvgIpc) is 2.50. The smallest absolute Gasteiger partial charge is 0.103 e. The Bertz CT molecular complexity index is 643. The van der Waals surface area contributed by atoms with E-state index in [4.69, 9.17) is 0 Å². The zero-order valence-electron chi connectivity index (χ0n) is 13.0. The third-order valence-corrected chi connectivity index (χ3v) is 3.60. The molecule has 1 aromatic carbocycles. The highest BCUT2D eigenvalue weighted by molar-refractivity contribution is 5.94. The molecule has 0 saturated heterocycles. The van der Waals surface area contributed by atoms with Crippen molar-refractivity contribution < 1.29 is 0 Å². The minimum atomic E-state index is 0.653. The molecule has 2 rings (SSSR count). The lowest BCUT2D eigenvalue weighted by Gasteiger charge is -2.26. The van der Waals surface area contributed by atoms with Crippen LogP contribution in [0.1, 0.15) is 18.9 Å². The second-order valence-electron chi connectivity index (χ2n) is 5.39. The van der Waals surface area contributed by atoms with Gasteiger partial charge in [0.05, 0.1) is 16.8 Å². The fourth-order valence-corrected chi connectivity index (χ4v) is 2.56. The molecule has 21 heavy (non-hydrogen) atoms. The maximum absolute atomic E-state index is 9.41. The Kier molecular flexibility index (Phi) is 5.13. The van der Waals surface area contributed by atoms with Gasteiger partial charge in [-0.25, -0.2) is 0 Å². The van der Waals surface area contributed by atoms with Gasteiger partial charge in [-0.1, -0.05) is 18.2 Å². The number of fused-ring (bicyclic) bond motifs is 1. The lowest BCUT2D eigenvalue weighted by molar-refractivity contribution is 0.400. The van der Waals surface area contributed by atoms with Gasteiger partial charge in [0.25, 0.3) is 0 Å². The van der Waals surface area contributed by atoms with Crippen molar-refractivity contribution in [2.45, 2.75) is 13.3 Å². The number of nitrogens with zero attached hydrogens (tertiary/aromatic N) is 4. The highest BCUT2D eigenvalue weighted by atomic mass is 15.1. The number of benzene rings is 1. The highest BCUT2D eigenvalue weighted by Crippen LogP contribution is 2.29. The third-order valence-electron chi connectivity index (χ3n) is 3.60. The quantitative estimate of drug-likeness (QED) is 0.817. The molecule has 0 radical (unpaired) electrons. The molecule has 0 aliphatic rings. The molecule has 0 saturated carbocycles. The van der Waals surface area contributed by atoms with Crippen LogP contribution in [-0.2, 0) is 0 Å². The van der Waals surface area contributed by atoms with Crippen LogP contribution in [0.4, 0.5) is 5.69 Å². The van der Waals surface area contributed by atoms with Gasteiger partial charge in [-0.3, -0.25) is 4.98 Å². The van der Waals surface area contributed by atoms with Crippen LogP contribution in [0, 0.1) is 11.3 Å². The normalized spacial score (nSPS) is 10.8. The molecule has 1 aromatic heterocycles. The molecule has 0 aliphatic heterocycles. The molecule has 0 fully saturated rings. The number of nitriles is 1. The van der Waals surface area contributed by atoms with Gasteiger partial charge in [0.15, 0.2) is 0 Å². The summed E-state index contributed by atoms with van der Waals surface area (Å²) in [7, 11) is 4.16. The number of aromatic nitrogens is 1. The predicted octanol–water partition coefficient (Wildman–Crippen LogP) is 2.88. The molecule has 0 bridgehead atoms. The Morgan fingerprint density at radius 2 is 1.95 bits per heavy atom. The molecule has 110 valence electrons. The van der Waals surface area contributed by atoms with E-state index in [0.717, 1.165) is 42.6 Å².